The Hall–Kier alpha value is -0.990. The van der Waals surface area contributed by atoms with Gasteiger partial charge in [0.15, 0.2) is 0 Å². The van der Waals surface area contributed by atoms with Gasteiger partial charge in [-0.15, -0.1) is 0 Å². The Labute approximate surface area is 117 Å². The van der Waals surface area contributed by atoms with Gasteiger partial charge in [0.25, 0.3) is 0 Å². The Morgan fingerprint density at radius 1 is 1.44 bits per heavy atom. The summed E-state index contributed by atoms with van der Waals surface area (Å²) in [4.78, 5) is 11.7. The third-order valence-electron chi connectivity index (χ3n) is 3.09. The lowest BCUT2D eigenvalue weighted by Crippen LogP contribution is -2.32. The average Bonchev–Trinajstić information content (AvgIpc) is 3.15. The quantitative estimate of drug-likeness (QED) is 0.834. The highest BCUT2D eigenvalue weighted by atomic mass is 35.5. The number of benzene rings is 1. The van der Waals surface area contributed by atoms with Gasteiger partial charge in [0.05, 0.1) is 10.0 Å². The molecule has 1 aliphatic carbocycles. The van der Waals surface area contributed by atoms with E-state index in [9.17, 15) is 4.79 Å². The second kappa shape index (κ2) is 5.77. The van der Waals surface area contributed by atoms with Crippen LogP contribution in [0, 0.1) is 5.92 Å². The molecule has 1 amide bonds. The molecule has 0 radical (unpaired) electrons. The van der Waals surface area contributed by atoms with Gasteiger partial charge in [-0.1, -0.05) is 35.3 Å². The van der Waals surface area contributed by atoms with Crippen LogP contribution in [0.2, 0.25) is 10.0 Å². The minimum Gasteiger partial charge on any atom is -0.350 e. The summed E-state index contributed by atoms with van der Waals surface area (Å²) < 4.78 is 0. The molecule has 2 nitrogen and oxygen atoms in total. The van der Waals surface area contributed by atoms with E-state index in [0.717, 1.165) is 5.56 Å². The van der Waals surface area contributed by atoms with Crippen LogP contribution in [-0.2, 0) is 4.79 Å². The van der Waals surface area contributed by atoms with Crippen molar-refractivity contribution in [2.75, 3.05) is 0 Å². The first kappa shape index (κ1) is 13.4. The molecule has 0 saturated heterocycles. The van der Waals surface area contributed by atoms with Gasteiger partial charge < -0.3 is 5.32 Å². The first-order valence-corrected chi connectivity index (χ1v) is 6.76. The Morgan fingerprint density at radius 2 is 2.17 bits per heavy atom. The number of carbonyl (C=O) groups excluding carboxylic acids is 1. The lowest BCUT2D eigenvalue weighted by atomic mass is 10.2. The highest BCUT2D eigenvalue weighted by molar-refractivity contribution is 6.42. The topological polar surface area (TPSA) is 29.1 Å². The smallest absolute Gasteiger partial charge is 0.244 e. The molecule has 1 atom stereocenters. The zero-order valence-corrected chi connectivity index (χ0v) is 11.6. The van der Waals surface area contributed by atoms with E-state index >= 15 is 0 Å². The van der Waals surface area contributed by atoms with Crippen LogP contribution in [0.15, 0.2) is 24.3 Å². The molecule has 4 heteroatoms. The van der Waals surface area contributed by atoms with Gasteiger partial charge in [0.1, 0.15) is 0 Å². The van der Waals surface area contributed by atoms with Crippen molar-refractivity contribution in [3.63, 3.8) is 0 Å². The van der Waals surface area contributed by atoms with Gasteiger partial charge in [-0.25, -0.2) is 0 Å². The molecule has 1 aromatic rings. The molecule has 2 rings (SSSR count). The fourth-order valence-electron chi connectivity index (χ4n) is 1.80. The van der Waals surface area contributed by atoms with Crippen LogP contribution in [0.3, 0.4) is 0 Å². The summed E-state index contributed by atoms with van der Waals surface area (Å²) in [6, 6.07) is 5.59. The predicted molar refractivity (Wildman–Crippen MR) is 75.8 cm³/mol. The largest absolute Gasteiger partial charge is 0.350 e. The van der Waals surface area contributed by atoms with E-state index in [2.05, 4.69) is 5.32 Å². The van der Waals surface area contributed by atoms with Crippen molar-refractivity contribution >= 4 is 35.2 Å². The van der Waals surface area contributed by atoms with Gasteiger partial charge in [0, 0.05) is 12.1 Å². The Balaban J connectivity index is 1.97. The molecule has 0 aliphatic heterocycles. The molecule has 0 heterocycles. The first-order valence-electron chi connectivity index (χ1n) is 6.00. The molecule has 1 fully saturated rings. The zero-order valence-electron chi connectivity index (χ0n) is 10.1. The van der Waals surface area contributed by atoms with Crippen molar-refractivity contribution in [2.45, 2.75) is 25.8 Å². The third-order valence-corrected chi connectivity index (χ3v) is 3.93. The van der Waals surface area contributed by atoms with E-state index < -0.39 is 0 Å². The highest BCUT2D eigenvalue weighted by Gasteiger charge is 2.28. The summed E-state index contributed by atoms with van der Waals surface area (Å²) in [6.07, 6.45) is 5.61. The van der Waals surface area contributed by atoms with Crippen molar-refractivity contribution in [1.82, 2.24) is 5.32 Å². The first-order chi connectivity index (χ1) is 8.58. The van der Waals surface area contributed by atoms with E-state index in [4.69, 9.17) is 23.2 Å². The van der Waals surface area contributed by atoms with Crippen molar-refractivity contribution in [3.05, 3.63) is 39.9 Å². The van der Waals surface area contributed by atoms with Gasteiger partial charge in [-0.2, -0.15) is 0 Å². The minimum absolute atomic E-state index is 0.0922. The summed E-state index contributed by atoms with van der Waals surface area (Å²) >= 11 is 11.9. The van der Waals surface area contributed by atoms with Crippen LogP contribution in [-0.4, -0.2) is 11.9 Å². The normalized spacial score (nSPS) is 16.8. The molecule has 0 bridgehead atoms. The summed E-state index contributed by atoms with van der Waals surface area (Å²) in [6.45, 7) is 2.04. The fourth-order valence-corrected chi connectivity index (χ4v) is 2.17. The zero-order chi connectivity index (χ0) is 13.1. The lowest BCUT2D eigenvalue weighted by molar-refractivity contribution is -0.117. The molecule has 1 saturated carbocycles. The lowest BCUT2D eigenvalue weighted by Gasteiger charge is -2.10. The molecular weight excluding hydrogens is 269 g/mol. The number of halogens is 2. The van der Waals surface area contributed by atoms with Crippen LogP contribution >= 0.6 is 23.2 Å². The second-order valence-corrected chi connectivity index (χ2v) is 5.40. The standard InChI is InChI=1S/C14H15Cl2NO/c1-9(10-5-6-10)17-13(18)8-7-11-3-2-4-12(15)14(11)16/h2-4,7-10H,5-6H2,1H3,(H,17,18)/b8-7+. The van der Waals surface area contributed by atoms with E-state index in [-0.39, 0.29) is 11.9 Å². The average molecular weight is 284 g/mol. The van der Waals surface area contributed by atoms with Crippen LogP contribution in [0.4, 0.5) is 0 Å². The van der Waals surface area contributed by atoms with E-state index in [1.54, 1.807) is 18.2 Å². The molecule has 1 aliphatic rings. The minimum atomic E-state index is -0.0922. The Morgan fingerprint density at radius 3 is 2.83 bits per heavy atom. The molecule has 1 N–H and O–H groups in total. The summed E-state index contributed by atoms with van der Waals surface area (Å²) in [7, 11) is 0. The maximum absolute atomic E-state index is 11.7. The molecular formula is C14H15Cl2NO. The van der Waals surface area contributed by atoms with E-state index in [1.807, 2.05) is 13.0 Å². The summed E-state index contributed by atoms with van der Waals surface area (Å²) in [5.74, 6) is 0.558. The number of hydrogen-bond donors (Lipinski definition) is 1. The number of amides is 1. The van der Waals surface area contributed by atoms with E-state index in [1.165, 1.54) is 18.9 Å². The number of nitrogens with one attached hydrogen (secondary N) is 1. The molecule has 1 aromatic carbocycles. The fraction of sp³-hybridized carbons (Fsp3) is 0.357. The molecule has 96 valence electrons. The SMILES string of the molecule is CC(NC(=O)/C=C/c1cccc(Cl)c1Cl)C1CC1. The molecule has 18 heavy (non-hydrogen) atoms. The second-order valence-electron chi connectivity index (χ2n) is 4.61. The van der Waals surface area contributed by atoms with Gasteiger partial charge >= 0.3 is 0 Å². The maximum atomic E-state index is 11.7. The van der Waals surface area contributed by atoms with Crippen LogP contribution in [0.5, 0.6) is 0 Å². The van der Waals surface area contributed by atoms with Crippen LogP contribution in [0.25, 0.3) is 6.08 Å². The van der Waals surface area contributed by atoms with E-state index in [0.29, 0.717) is 16.0 Å². The van der Waals surface area contributed by atoms with Crippen molar-refractivity contribution in [2.24, 2.45) is 5.92 Å². The maximum Gasteiger partial charge on any atom is 0.244 e. The molecule has 1 unspecified atom stereocenters. The van der Waals surface area contributed by atoms with Gasteiger partial charge in [0.2, 0.25) is 5.91 Å². The summed E-state index contributed by atoms with van der Waals surface area (Å²) in [5, 5.41) is 3.91. The van der Waals surface area contributed by atoms with Gasteiger partial charge in [-0.3, -0.25) is 4.79 Å². The van der Waals surface area contributed by atoms with Crippen molar-refractivity contribution in [3.8, 4) is 0 Å². The number of hydrogen-bond acceptors (Lipinski definition) is 1. The Kier molecular flexibility index (Phi) is 4.31. The molecule has 0 spiro atoms. The van der Waals surface area contributed by atoms with Gasteiger partial charge in [-0.05, 0) is 43.4 Å². The number of rotatable bonds is 4. The predicted octanol–water partition coefficient (Wildman–Crippen LogP) is 3.92. The number of carbonyl (C=O) groups is 1. The highest BCUT2D eigenvalue weighted by Crippen LogP contribution is 2.32. The summed E-state index contributed by atoms with van der Waals surface area (Å²) in [5.41, 5.74) is 0.749. The van der Waals surface area contributed by atoms with Crippen LogP contribution < -0.4 is 5.32 Å². The van der Waals surface area contributed by atoms with Crippen molar-refractivity contribution in [1.29, 1.82) is 0 Å². The Bertz CT molecular complexity index is 481. The monoisotopic (exact) mass is 283 g/mol. The van der Waals surface area contributed by atoms with Crippen molar-refractivity contribution < 1.29 is 4.79 Å². The molecule has 0 aromatic heterocycles. The van der Waals surface area contributed by atoms with Crippen LogP contribution in [0.1, 0.15) is 25.3 Å². The third kappa shape index (κ3) is 3.50.